The van der Waals surface area contributed by atoms with E-state index in [0.717, 1.165) is 39.8 Å². The molecule has 2 N–H and O–H groups in total. The summed E-state index contributed by atoms with van der Waals surface area (Å²) in [4.78, 5) is 26.2. The van der Waals surface area contributed by atoms with Crippen LogP contribution in [0.2, 0.25) is 0 Å². The molecular formula is C30H29F3N2O3. The summed E-state index contributed by atoms with van der Waals surface area (Å²) in [5.41, 5.74) is 5.73. The van der Waals surface area contributed by atoms with Gasteiger partial charge in [-0.05, 0) is 64.3 Å². The predicted molar refractivity (Wildman–Crippen MR) is 138 cm³/mol. The van der Waals surface area contributed by atoms with Gasteiger partial charge in [0.2, 0.25) is 5.91 Å². The molecule has 198 valence electrons. The highest BCUT2D eigenvalue weighted by Gasteiger charge is 2.43. The van der Waals surface area contributed by atoms with Crippen LogP contribution in [0.3, 0.4) is 0 Å². The van der Waals surface area contributed by atoms with E-state index in [2.05, 4.69) is 5.32 Å². The van der Waals surface area contributed by atoms with Gasteiger partial charge < -0.3 is 10.4 Å². The fourth-order valence-corrected chi connectivity index (χ4v) is 5.40. The van der Waals surface area contributed by atoms with Gasteiger partial charge in [0.15, 0.2) is 0 Å². The number of benzene rings is 3. The highest BCUT2D eigenvalue weighted by molar-refractivity contribution is 5.89. The van der Waals surface area contributed by atoms with Crippen molar-refractivity contribution in [2.75, 3.05) is 13.1 Å². The molecule has 8 heteroatoms. The van der Waals surface area contributed by atoms with Crippen molar-refractivity contribution in [3.8, 4) is 11.1 Å². The second-order valence-corrected chi connectivity index (χ2v) is 10.1. The molecule has 5 rings (SSSR count). The van der Waals surface area contributed by atoms with Crippen molar-refractivity contribution in [2.45, 2.75) is 44.4 Å². The average molecular weight is 523 g/mol. The minimum atomic E-state index is -4.23. The van der Waals surface area contributed by atoms with Crippen molar-refractivity contribution >= 4 is 11.9 Å². The van der Waals surface area contributed by atoms with Gasteiger partial charge in [-0.25, -0.2) is 4.79 Å². The van der Waals surface area contributed by atoms with E-state index in [-0.39, 0.29) is 29.9 Å². The Morgan fingerprint density at radius 2 is 1.79 bits per heavy atom. The van der Waals surface area contributed by atoms with E-state index < -0.39 is 18.6 Å². The lowest BCUT2D eigenvalue weighted by Crippen LogP contribution is -2.35. The van der Waals surface area contributed by atoms with Gasteiger partial charge in [0.05, 0.1) is 12.0 Å². The fourth-order valence-electron chi connectivity index (χ4n) is 5.40. The zero-order valence-electron chi connectivity index (χ0n) is 20.8. The minimum absolute atomic E-state index is 0.0180. The van der Waals surface area contributed by atoms with Crippen LogP contribution in [0.5, 0.6) is 0 Å². The predicted octanol–water partition coefficient (Wildman–Crippen LogP) is 5.78. The number of carbonyl (C=O) groups is 2. The zero-order chi connectivity index (χ0) is 26.9. The SMILES string of the molecule is O=C(O)c1cccc(-c2ccc(CNC(=O)[C@H]3C[C@H]3c3ccccc3)c3c2CCN(CCC(F)(F)F)C3)c1. The molecule has 3 aromatic rings. The van der Waals surface area contributed by atoms with Crippen LogP contribution in [0.1, 0.15) is 51.4 Å². The molecule has 0 saturated heterocycles. The van der Waals surface area contributed by atoms with E-state index in [4.69, 9.17) is 0 Å². The first-order valence-corrected chi connectivity index (χ1v) is 12.8. The molecule has 0 aromatic heterocycles. The van der Waals surface area contributed by atoms with Crippen molar-refractivity contribution in [1.82, 2.24) is 10.2 Å². The molecule has 0 spiro atoms. The van der Waals surface area contributed by atoms with E-state index in [0.29, 0.717) is 26.1 Å². The maximum atomic E-state index is 12.9. The van der Waals surface area contributed by atoms with E-state index in [1.165, 1.54) is 6.07 Å². The first kappa shape index (κ1) is 26.0. The largest absolute Gasteiger partial charge is 0.478 e. The number of hydrogen-bond donors (Lipinski definition) is 2. The molecule has 0 unspecified atom stereocenters. The first-order chi connectivity index (χ1) is 18.2. The Balaban J connectivity index is 1.37. The van der Waals surface area contributed by atoms with Crippen LogP contribution in [0, 0.1) is 5.92 Å². The number of carbonyl (C=O) groups excluding carboxylic acids is 1. The molecule has 3 aromatic carbocycles. The van der Waals surface area contributed by atoms with Crippen molar-refractivity contribution in [1.29, 1.82) is 0 Å². The molecule has 0 radical (unpaired) electrons. The standard InChI is InChI=1S/C30H29F3N2O3/c31-30(32,33)12-14-35-13-11-24-23(20-7-4-8-21(15-20)29(37)38)10-9-22(27(24)18-35)17-34-28(36)26-16-25(26)19-5-2-1-3-6-19/h1-10,15,25-26H,11-14,16-18H2,(H,34,36)(H,37,38)/t25-,26-/m0/s1. The summed E-state index contributed by atoms with van der Waals surface area (Å²) in [6.07, 6.45) is -3.76. The van der Waals surface area contributed by atoms with E-state index >= 15 is 0 Å². The molecule has 0 bridgehead atoms. The maximum absolute atomic E-state index is 12.9. The smallest absolute Gasteiger partial charge is 0.390 e. The average Bonchev–Trinajstić information content (AvgIpc) is 3.72. The van der Waals surface area contributed by atoms with Gasteiger partial charge in [0.25, 0.3) is 0 Å². The van der Waals surface area contributed by atoms with E-state index in [9.17, 15) is 27.9 Å². The number of carboxylic acid groups (broad SMARTS) is 1. The third kappa shape index (κ3) is 5.91. The van der Waals surface area contributed by atoms with Gasteiger partial charge in [0.1, 0.15) is 0 Å². The summed E-state index contributed by atoms with van der Waals surface area (Å²) >= 11 is 0. The third-order valence-corrected chi connectivity index (χ3v) is 7.53. The lowest BCUT2D eigenvalue weighted by molar-refractivity contribution is -0.138. The van der Waals surface area contributed by atoms with Crippen LogP contribution in [0.4, 0.5) is 13.2 Å². The summed E-state index contributed by atoms with van der Waals surface area (Å²) in [5, 5.41) is 12.5. The fraction of sp³-hybridized carbons (Fsp3) is 0.333. The van der Waals surface area contributed by atoms with E-state index in [1.54, 1.807) is 17.0 Å². The number of alkyl halides is 3. The van der Waals surface area contributed by atoms with Crippen molar-refractivity contribution < 1.29 is 27.9 Å². The zero-order valence-corrected chi connectivity index (χ0v) is 20.8. The van der Waals surface area contributed by atoms with Crippen molar-refractivity contribution in [3.05, 3.63) is 94.5 Å². The number of nitrogens with zero attached hydrogens (tertiary/aromatic N) is 1. The Morgan fingerprint density at radius 3 is 2.53 bits per heavy atom. The molecule has 1 saturated carbocycles. The number of fused-ring (bicyclic) bond motifs is 1. The summed E-state index contributed by atoms with van der Waals surface area (Å²) in [6, 6.07) is 20.4. The highest BCUT2D eigenvalue weighted by Crippen LogP contribution is 2.47. The van der Waals surface area contributed by atoms with Gasteiger partial charge >= 0.3 is 12.1 Å². The van der Waals surface area contributed by atoms with Crippen LogP contribution in [0.25, 0.3) is 11.1 Å². The van der Waals surface area contributed by atoms with Gasteiger partial charge in [-0.15, -0.1) is 0 Å². The molecule has 1 aliphatic heterocycles. The number of halogens is 3. The van der Waals surface area contributed by atoms with Crippen LogP contribution in [-0.4, -0.2) is 41.1 Å². The number of carboxylic acids is 1. The van der Waals surface area contributed by atoms with Gasteiger partial charge in [-0.1, -0.05) is 54.6 Å². The molecule has 1 amide bonds. The molecule has 2 atom stereocenters. The maximum Gasteiger partial charge on any atom is 0.390 e. The number of hydrogen-bond acceptors (Lipinski definition) is 3. The first-order valence-electron chi connectivity index (χ1n) is 12.8. The number of amides is 1. The molecule has 2 aliphatic rings. The van der Waals surface area contributed by atoms with Crippen LogP contribution in [-0.2, 0) is 24.3 Å². The van der Waals surface area contributed by atoms with Crippen LogP contribution >= 0.6 is 0 Å². The Labute approximate surface area is 219 Å². The van der Waals surface area contributed by atoms with Gasteiger partial charge in [-0.3, -0.25) is 9.69 Å². The quantitative estimate of drug-likeness (QED) is 0.394. The van der Waals surface area contributed by atoms with Crippen molar-refractivity contribution in [3.63, 3.8) is 0 Å². The molecule has 1 heterocycles. The molecular weight excluding hydrogens is 493 g/mol. The molecule has 38 heavy (non-hydrogen) atoms. The topological polar surface area (TPSA) is 69.6 Å². The lowest BCUT2D eigenvalue weighted by Gasteiger charge is -2.32. The second kappa shape index (κ2) is 10.6. The molecule has 1 aliphatic carbocycles. The van der Waals surface area contributed by atoms with Crippen molar-refractivity contribution in [2.24, 2.45) is 5.92 Å². The molecule has 5 nitrogen and oxygen atoms in total. The monoisotopic (exact) mass is 522 g/mol. The summed E-state index contributed by atoms with van der Waals surface area (Å²) in [7, 11) is 0. The molecule has 1 fully saturated rings. The summed E-state index contributed by atoms with van der Waals surface area (Å²) in [6.45, 7) is 1.03. The second-order valence-electron chi connectivity index (χ2n) is 10.1. The Bertz CT molecular complexity index is 1340. The minimum Gasteiger partial charge on any atom is -0.478 e. The van der Waals surface area contributed by atoms with Crippen LogP contribution in [0.15, 0.2) is 66.7 Å². The normalized spacial score (nSPS) is 19.0. The lowest BCUT2D eigenvalue weighted by atomic mass is 9.87. The Kier molecular flexibility index (Phi) is 7.25. The Hall–Kier alpha value is -3.65. The van der Waals surface area contributed by atoms with Gasteiger partial charge in [0, 0.05) is 32.1 Å². The third-order valence-electron chi connectivity index (χ3n) is 7.53. The highest BCUT2D eigenvalue weighted by atomic mass is 19.4. The number of nitrogens with one attached hydrogen (secondary N) is 1. The summed E-state index contributed by atoms with van der Waals surface area (Å²) < 4.78 is 38.7. The summed E-state index contributed by atoms with van der Waals surface area (Å²) in [5.74, 6) is -0.899. The number of rotatable bonds is 8. The van der Waals surface area contributed by atoms with E-state index in [1.807, 2.05) is 48.5 Å². The van der Waals surface area contributed by atoms with Crippen LogP contribution < -0.4 is 5.32 Å². The number of aromatic carboxylic acids is 1. The van der Waals surface area contributed by atoms with Gasteiger partial charge in [-0.2, -0.15) is 13.2 Å². The Morgan fingerprint density at radius 1 is 1.00 bits per heavy atom.